The summed E-state index contributed by atoms with van der Waals surface area (Å²) in [5, 5.41) is 18.8. The molecule has 2 rings (SSSR count). The first-order valence-corrected chi connectivity index (χ1v) is 7.70. The molecule has 0 aromatic carbocycles. The highest BCUT2D eigenvalue weighted by Gasteiger charge is 2.47. The SMILES string of the molecule is CCCC1(O)CN(S(=O)(=O)c2cc(C(=O)O)oc2C)C1. The molecule has 1 saturated heterocycles. The van der Waals surface area contributed by atoms with E-state index in [2.05, 4.69) is 0 Å². The van der Waals surface area contributed by atoms with Crippen LogP contribution in [0.2, 0.25) is 0 Å². The minimum atomic E-state index is -3.82. The Bertz CT molecular complexity index is 626. The summed E-state index contributed by atoms with van der Waals surface area (Å²) in [7, 11) is -3.82. The Balaban J connectivity index is 2.23. The van der Waals surface area contributed by atoms with E-state index in [9.17, 15) is 18.3 Å². The van der Waals surface area contributed by atoms with Crippen molar-refractivity contribution < 1.29 is 27.8 Å². The summed E-state index contributed by atoms with van der Waals surface area (Å²) < 4.78 is 30.7. The second kappa shape index (κ2) is 4.87. The lowest BCUT2D eigenvalue weighted by atomic mass is 9.92. The van der Waals surface area contributed by atoms with E-state index in [1.54, 1.807) is 0 Å². The van der Waals surface area contributed by atoms with Crippen LogP contribution in [0.1, 0.15) is 36.1 Å². The third kappa shape index (κ3) is 2.46. The Morgan fingerprint density at radius 1 is 1.50 bits per heavy atom. The molecule has 0 unspecified atom stereocenters. The lowest BCUT2D eigenvalue weighted by Gasteiger charge is -2.45. The number of aryl methyl sites for hydroxylation is 1. The molecule has 8 heteroatoms. The van der Waals surface area contributed by atoms with Gasteiger partial charge in [0, 0.05) is 19.2 Å². The molecule has 7 nitrogen and oxygen atoms in total. The smallest absolute Gasteiger partial charge is 0.371 e. The molecule has 0 bridgehead atoms. The molecule has 1 fully saturated rings. The Kier molecular flexibility index (Phi) is 3.66. The summed E-state index contributed by atoms with van der Waals surface area (Å²) in [5.41, 5.74) is -0.977. The van der Waals surface area contributed by atoms with Crippen LogP contribution in [0, 0.1) is 6.92 Å². The predicted molar refractivity (Wildman–Crippen MR) is 69.0 cm³/mol. The Labute approximate surface area is 116 Å². The highest BCUT2D eigenvalue weighted by molar-refractivity contribution is 7.89. The van der Waals surface area contributed by atoms with Crippen LogP contribution in [0.4, 0.5) is 0 Å². The lowest BCUT2D eigenvalue weighted by molar-refractivity contribution is -0.0653. The molecule has 112 valence electrons. The molecular formula is C12H17NO6S. The van der Waals surface area contributed by atoms with E-state index in [1.807, 2.05) is 6.92 Å². The summed E-state index contributed by atoms with van der Waals surface area (Å²) in [6.07, 6.45) is 1.29. The van der Waals surface area contributed by atoms with Crippen molar-refractivity contribution in [3.05, 3.63) is 17.6 Å². The summed E-state index contributed by atoms with van der Waals surface area (Å²) >= 11 is 0. The first-order chi connectivity index (χ1) is 9.19. The number of hydrogen-bond acceptors (Lipinski definition) is 5. The summed E-state index contributed by atoms with van der Waals surface area (Å²) in [6, 6.07) is 1.00. The lowest BCUT2D eigenvalue weighted by Crippen LogP contribution is -2.63. The van der Waals surface area contributed by atoms with E-state index in [0.29, 0.717) is 6.42 Å². The number of aromatic carboxylic acids is 1. The van der Waals surface area contributed by atoms with Gasteiger partial charge in [-0.05, 0) is 13.3 Å². The van der Waals surface area contributed by atoms with Crippen molar-refractivity contribution in [3.8, 4) is 0 Å². The molecule has 1 aromatic heterocycles. The number of sulfonamides is 1. The molecule has 2 heterocycles. The highest BCUT2D eigenvalue weighted by atomic mass is 32.2. The van der Waals surface area contributed by atoms with Gasteiger partial charge >= 0.3 is 5.97 Å². The van der Waals surface area contributed by atoms with Crippen molar-refractivity contribution in [1.82, 2.24) is 4.31 Å². The van der Waals surface area contributed by atoms with Gasteiger partial charge in [-0.2, -0.15) is 4.31 Å². The van der Waals surface area contributed by atoms with Crippen molar-refractivity contribution >= 4 is 16.0 Å². The zero-order chi connectivity index (χ0) is 15.1. The number of carboxylic acids is 1. The maximum atomic E-state index is 12.3. The van der Waals surface area contributed by atoms with Crippen LogP contribution in [-0.2, 0) is 10.0 Å². The molecule has 2 N–H and O–H groups in total. The van der Waals surface area contributed by atoms with Gasteiger partial charge < -0.3 is 14.6 Å². The Morgan fingerprint density at radius 2 is 2.10 bits per heavy atom. The van der Waals surface area contributed by atoms with Crippen LogP contribution < -0.4 is 0 Å². The van der Waals surface area contributed by atoms with Gasteiger partial charge in [0.05, 0.1) is 5.60 Å². The molecule has 0 atom stereocenters. The third-order valence-corrected chi connectivity index (χ3v) is 5.26. The standard InChI is InChI=1S/C12H17NO6S/c1-3-4-12(16)6-13(7-12)20(17,18)10-5-9(11(14)15)19-8(10)2/h5,16H,3-4,6-7H2,1-2H3,(H,14,15). The number of rotatable bonds is 5. The Morgan fingerprint density at radius 3 is 2.55 bits per heavy atom. The fourth-order valence-corrected chi connectivity index (χ4v) is 4.13. The average molecular weight is 303 g/mol. The second-order valence-electron chi connectivity index (χ2n) is 5.08. The monoisotopic (exact) mass is 303 g/mol. The fraction of sp³-hybridized carbons (Fsp3) is 0.583. The number of carbonyl (C=O) groups is 1. The first-order valence-electron chi connectivity index (χ1n) is 6.26. The molecule has 0 amide bonds. The largest absolute Gasteiger partial charge is 0.475 e. The molecule has 0 saturated carbocycles. The van der Waals surface area contributed by atoms with Gasteiger partial charge in [0.2, 0.25) is 15.8 Å². The van der Waals surface area contributed by atoms with Crippen LogP contribution >= 0.6 is 0 Å². The molecule has 1 aliphatic heterocycles. The predicted octanol–water partition coefficient (Wildman–Crippen LogP) is 0.822. The van der Waals surface area contributed by atoms with Crippen molar-refractivity contribution in [2.45, 2.75) is 37.2 Å². The van der Waals surface area contributed by atoms with Crippen LogP contribution in [0.15, 0.2) is 15.4 Å². The Hall–Kier alpha value is -1.38. The van der Waals surface area contributed by atoms with E-state index in [-0.39, 0.29) is 23.7 Å². The summed E-state index contributed by atoms with van der Waals surface area (Å²) in [5.74, 6) is -1.70. The van der Waals surface area contributed by atoms with Crippen molar-refractivity contribution in [2.24, 2.45) is 0 Å². The van der Waals surface area contributed by atoms with Gasteiger partial charge in [0.15, 0.2) is 0 Å². The van der Waals surface area contributed by atoms with Crippen molar-refractivity contribution in [2.75, 3.05) is 13.1 Å². The molecule has 20 heavy (non-hydrogen) atoms. The maximum Gasteiger partial charge on any atom is 0.371 e. The van der Waals surface area contributed by atoms with Gasteiger partial charge in [-0.25, -0.2) is 13.2 Å². The summed E-state index contributed by atoms with van der Waals surface area (Å²) in [4.78, 5) is 10.6. The fourth-order valence-electron chi connectivity index (χ4n) is 2.37. The number of hydrogen-bond donors (Lipinski definition) is 2. The first kappa shape index (κ1) is 15.0. The molecular weight excluding hydrogens is 286 g/mol. The van der Waals surface area contributed by atoms with Gasteiger partial charge in [-0.1, -0.05) is 13.3 Å². The zero-order valence-electron chi connectivity index (χ0n) is 11.3. The van der Waals surface area contributed by atoms with Gasteiger partial charge in [-0.15, -0.1) is 0 Å². The molecule has 0 spiro atoms. The topological polar surface area (TPSA) is 108 Å². The minimum Gasteiger partial charge on any atom is -0.475 e. The van der Waals surface area contributed by atoms with Gasteiger partial charge in [-0.3, -0.25) is 0 Å². The van der Waals surface area contributed by atoms with Crippen LogP contribution in [-0.4, -0.2) is 47.6 Å². The quantitative estimate of drug-likeness (QED) is 0.833. The molecule has 0 radical (unpaired) electrons. The molecule has 0 aliphatic carbocycles. The third-order valence-electron chi connectivity index (χ3n) is 3.36. The van der Waals surface area contributed by atoms with Gasteiger partial charge in [0.25, 0.3) is 0 Å². The van der Waals surface area contributed by atoms with E-state index in [1.165, 1.54) is 6.92 Å². The van der Waals surface area contributed by atoms with Crippen LogP contribution in [0.25, 0.3) is 0 Å². The van der Waals surface area contributed by atoms with E-state index in [0.717, 1.165) is 16.8 Å². The minimum absolute atomic E-state index is 0.0240. The normalized spacial score (nSPS) is 18.8. The molecule has 1 aliphatic rings. The highest BCUT2D eigenvalue weighted by Crippen LogP contribution is 2.33. The van der Waals surface area contributed by atoms with Gasteiger partial charge in [0.1, 0.15) is 10.7 Å². The number of β-amino-alcohol motifs (C(OH)–C–C–N with tert-alkyl or cyclic N) is 1. The average Bonchev–Trinajstić information content (AvgIpc) is 2.69. The van der Waals surface area contributed by atoms with E-state index in [4.69, 9.17) is 9.52 Å². The maximum absolute atomic E-state index is 12.3. The number of carboxylic acid groups (broad SMARTS) is 1. The zero-order valence-corrected chi connectivity index (χ0v) is 12.1. The second-order valence-corrected chi connectivity index (χ2v) is 6.99. The van der Waals surface area contributed by atoms with Crippen molar-refractivity contribution in [1.29, 1.82) is 0 Å². The van der Waals surface area contributed by atoms with Crippen LogP contribution in [0.3, 0.4) is 0 Å². The van der Waals surface area contributed by atoms with Crippen molar-refractivity contribution in [3.63, 3.8) is 0 Å². The molecule has 1 aromatic rings. The van der Waals surface area contributed by atoms with Crippen LogP contribution in [0.5, 0.6) is 0 Å². The number of aliphatic hydroxyl groups is 1. The summed E-state index contributed by atoms with van der Waals surface area (Å²) in [6.45, 7) is 3.36. The van der Waals surface area contributed by atoms with E-state index < -0.39 is 27.4 Å². The number of nitrogens with zero attached hydrogens (tertiary/aromatic N) is 1. The number of furan rings is 1. The van der Waals surface area contributed by atoms with E-state index >= 15 is 0 Å².